The summed E-state index contributed by atoms with van der Waals surface area (Å²) in [5.41, 5.74) is 7.37. The Bertz CT molecular complexity index is 746. The van der Waals surface area contributed by atoms with E-state index in [9.17, 15) is 5.11 Å². The predicted octanol–water partition coefficient (Wildman–Crippen LogP) is 8.79. The van der Waals surface area contributed by atoms with Crippen LogP contribution in [0.2, 0.25) is 0 Å². The number of aliphatic hydroxyl groups is 1. The van der Waals surface area contributed by atoms with E-state index in [1.54, 1.807) is 5.57 Å². The minimum absolute atomic E-state index is 0.0456. The lowest BCUT2D eigenvalue weighted by atomic mass is 9.49. The summed E-state index contributed by atoms with van der Waals surface area (Å²) in [6.07, 6.45) is 17.0. The van der Waals surface area contributed by atoms with Crippen molar-refractivity contribution in [3.63, 3.8) is 0 Å². The molecule has 0 bridgehead atoms. The maximum atomic E-state index is 10.7. The molecule has 0 aromatic rings. The number of aliphatic hydroxyl groups excluding tert-OH is 1. The minimum Gasteiger partial charge on any atom is -0.393 e. The van der Waals surface area contributed by atoms with E-state index in [2.05, 4.69) is 67.5 Å². The monoisotopic (exact) mass is 426 g/mol. The van der Waals surface area contributed by atoms with E-state index >= 15 is 0 Å². The quantitative estimate of drug-likeness (QED) is 0.403. The fourth-order valence-electron chi connectivity index (χ4n) is 7.61. The van der Waals surface area contributed by atoms with Gasteiger partial charge in [0, 0.05) is 0 Å². The topological polar surface area (TPSA) is 20.2 Å². The largest absolute Gasteiger partial charge is 0.393 e. The second kappa shape index (κ2) is 9.20. The van der Waals surface area contributed by atoms with Crippen LogP contribution in [0.15, 0.2) is 34.4 Å². The third-order valence-electron chi connectivity index (χ3n) is 10.1. The highest BCUT2D eigenvalue weighted by Gasteiger charge is 2.57. The summed E-state index contributed by atoms with van der Waals surface area (Å²) in [6.45, 7) is 19.0. The molecule has 3 aliphatic carbocycles. The lowest BCUT2D eigenvalue weighted by molar-refractivity contribution is -0.0890. The maximum absolute atomic E-state index is 10.7. The minimum atomic E-state index is -0.133. The van der Waals surface area contributed by atoms with Gasteiger partial charge >= 0.3 is 0 Å². The van der Waals surface area contributed by atoms with Gasteiger partial charge in [-0.2, -0.15) is 0 Å². The first-order valence-corrected chi connectivity index (χ1v) is 13.1. The molecule has 3 aliphatic rings. The average molecular weight is 427 g/mol. The van der Waals surface area contributed by atoms with E-state index in [1.807, 2.05) is 11.1 Å². The van der Waals surface area contributed by atoms with Crippen LogP contribution < -0.4 is 0 Å². The highest BCUT2D eigenvalue weighted by molar-refractivity contribution is 5.37. The zero-order chi connectivity index (χ0) is 23.0. The summed E-state index contributed by atoms with van der Waals surface area (Å²) >= 11 is 0. The third-order valence-corrected chi connectivity index (χ3v) is 10.1. The van der Waals surface area contributed by atoms with E-state index < -0.39 is 0 Å². The van der Waals surface area contributed by atoms with Crippen molar-refractivity contribution in [2.45, 2.75) is 126 Å². The first-order chi connectivity index (χ1) is 14.4. The van der Waals surface area contributed by atoms with Gasteiger partial charge in [-0.15, -0.1) is 0 Å². The van der Waals surface area contributed by atoms with Crippen LogP contribution >= 0.6 is 0 Å². The van der Waals surface area contributed by atoms with Gasteiger partial charge in [0.25, 0.3) is 0 Å². The van der Waals surface area contributed by atoms with Gasteiger partial charge in [0.1, 0.15) is 0 Å². The van der Waals surface area contributed by atoms with Gasteiger partial charge in [0.15, 0.2) is 0 Å². The second-order valence-electron chi connectivity index (χ2n) is 12.6. The molecule has 176 valence electrons. The van der Waals surface area contributed by atoms with Gasteiger partial charge in [-0.1, -0.05) is 69.1 Å². The summed E-state index contributed by atoms with van der Waals surface area (Å²) in [5, 5.41) is 10.7. The molecule has 0 aromatic heterocycles. The second-order valence-corrected chi connectivity index (χ2v) is 12.6. The zero-order valence-corrected chi connectivity index (χ0v) is 21.9. The predicted molar refractivity (Wildman–Crippen MR) is 135 cm³/mol. The summed E-state index contributed by atoms with van der Waals surface area (Å²) < 4.78 is 0. The molecule has 0 unspecified atom stereocenters. The summed E-state index contributed by atoms with van der Waals surface area (Å²) in [4.78, 5) is 0. The molecule has 0 spiro atoms. The normalized spacial score (nSPS) is 36.1. The first-order valence-electron chi connectivity index (χ1n) is 13.1. The molecular formula is C30H50O. The summed E-state index contributed by atoms with van der Waals surface area (Å²) in [7, 11) is 0. The van der Waals surface area contributed by atoms with Crippen LogP contribution in [-0.4, -0.2) is 11.2 Å². The van der Waals surface area contributed by atoms with Crippen LogP contribution in [0, 0.1) is 28.1 Å². The molecule has 1 nitrogen and oxygen atoms in total. The van der Waals surface area contributed by atoms with E-state index in [-0.39, 0.29) is 11.5 Å². The Morgan fingerprint density at radius 2 is 1.68 bits per heavy atom. The van der Waals surface area contributed by atoms with E-state index in [1.165, 1.54) is 63.4 Å². The molecule has 31 heavy (non-hydrogen) atoms. The van der Waals surface area contributed by atoms with Crippen molar-refractivity contribution in [3.05, 3.63) is 34.4 Å². The molecule has 1 N–H and O–H groups in total. The third kappa shape index (κ3) is 4.64. The molecule has 1 fully saturated rings. The van der Waals surface area contributed by atoms with Crippen LogP contribution in [0.3, 0.4) is 0 Å². The van der Waals surface area contributed by atoms with Gasteiger partial charge in [-0.3, -0.25) is 0 Å². The number of fused-ring (bicyclic) bond motifs is 2. The van der Waals surface area contributed by atoms with Crippen molar-refractivity contribution >= 4 is 0 Å². The Hall–Kier alpha value is -0.820. The van der Waals surface area contributed by atoms with Crippen LogP contribution in [0.4, 0.5) is 0 Å². The maximum Gasteiger partial charge on any atom is 0.0594 e. The fourth-order valence-corrected chi connectivity index (χ4v) is 7.61. The molecule has 0 saturated heterocycles. The van der Waals surface area contributed by atoms with E-state index in [0.29, 0.717) is 16.7 Å². The number of rotatable bonds is 7. The van der Waals surface area contributed by atoms with E-state index in [4.69, 9.17) is 0 Å². The van der Waals surface area contributed by atoms with Crippen molar-refractivity contribution in [1.82, 2.24) is 0 Å². The Labute approximate surface area is 193 Å². The van der Waals surface area contributed by atoms with Crippen molar-refractivity contribution in [2.24, 2.45) is 28.1 Å². The molecule has 0 amide bonds. The first kappa shape index (κ1) is 24.8. The smallest absolute Gasteiger partial charge is 0.0594 e. The molecule has 1 heteroatoms. The highest BCUT2D eigenvalue weighted by Crippen LogP contribution is 2.66. The molecular weight excluding hydrogens is 376 g/mol. The molecule has 0 aromatic carbocycles. The molecule has 0 heterocycles. The molecule has 5 atom stereocenters. The molecule has 1 saturated carbocycles. The Kier molecular flexibility index (Phi) is 7.37. The van der Waals surface area contributed by atoms with Gasteiger partial charge in [-0.25, -0.2) is 0 Å². The lowest BCUT2D eigenvalue weighted by Gasteiger charge is -2.57. The standard InChI is InChI=1S/C30H50O/c1-21(2)11-9-12-22(3)13-10-14-23(4)29(7)19-17-25-24(29)15-16-26-28(5,6)27(31)18-20-30(25,26)8/h11,13,23,26-27,31H,9-10,12,14-20H2,1-8H3/b22-13+/t23-,26+,27+,29+,30-/m1/s1. The zero-order valence-electron chi connectivity index (χ0n) is 21.9. The average Bonchev–Trinajstić information content (AvgIpc) is 3.04. The van der Waals surface area contributed by atoms with Gasteiger partial charge < -0.3 is 5.11 Å². The molecule has 3 rings (SSSR count). The Balaban J connectivity index is 1.70. The van der Waals surface area contributed by atoms with Crippen LogP contribution in [0.5, 0.6) is 0 Å². The number of hydrogen-bond acceptors (Lipinski definition) is 1. The number of hydrogen-bond donors (Lipinski definition) is 1. The summed E-state index contributed by atoms with van der Waals surface area (Å²) in [6, 6.07) is 0. The Morgan fingerprint density at radius 1 is 0.968 bits per heavy atom. The van der Waals surface area contributed by atoms with Crippen molar-refractivity contribution < 1.29 is 5.11 Å². The highest BCUT2D eigenvalue weighted by atomic mass is 16.3. The van der Waals surface area contributed by atoms with Crippen LogP contribution in [0.1, 0.15) is 120 Å². The van der Waals surface area contributed by atoms with Crippen molar-refractivity contribution in [3.8, 4) is 0 Å². The lowest BCUT2D eigenvalue weighted by Crippen LogP contribution is -2.52. The van der Waals surface area contributed by atoms with Gasteiger partial charge in [-0.05, 0) is 113 Å². The fraction of sp³-hybridized carbons (Fsp3) is 0.800. The SMILES string of the molecule is CC(C)=CCC/C(C)=C/CC[C@@H](C)[C@]1(C)CCC2=C1CC[C@H]1C(C)(C)[C@@H](O)CC[C@]21C. The Morgan fingerprint density at radius 3 is 2.35 bits per heavy atom. The van der Waals surface area contributed by atoms with Crippen LogP contribution in [-0.2, 0) is 0 Å². The van der Waals surface area contributed by atoms with Crippen LogP contribution in [0.25, 0.3) is 0 Å². The molecule has 0 radical (unpaired) electrons. The molecule has 0 aliphatic heterocycles. The van der Waals surface area contributed by atoms with Crippen molar-refractivity contribution in [2.75, 3.05) is 0 Å². The number of allylic oxidation sites excluding steroid dienone is 6. The van der Waals surface area contributed by atoms with E-state index in [0.717, 1.165) is 12.3 Å². The van der Waals surface area contributed by atoms with Crippen molar-refractivity contribution in [1.29, 1.82) is 0 Å². The van der Waals surface area contributed by atoms with Gasteiger partial charge in [0.05, 0.1) is 6.10 Å². The summed E-state index contributed by atoms with van der Waals surface area (Å²) in [5.74, 6) is 1.37. The van der Waals surface area contributed by atoms with Gasteiger partial charge in [0.2, 0.25) is 0 Å².